The van der Waals surface area contributed by atoms with Crippen LogP contribution in [-0.4, -0.2) is 48.7 Å². The molecule has 2 fully saturated rings. The Morgan fingerprint density at radius 2 is 1.92 bits per heavy atom. The lowest BCUT2D eigenvalue weighted by Gasteiger charge is -2.28. The molecule has 0 radical (unpaired) electrons. The third-order valence-corrected chi connectivity index (χ3v) is 4.89. The highest BCUT2D eigenvalue weighted by Crippen LogP contribution is 2.27. The predicted molar refractivity (Wildman–Crippen MR) is 100 cm³/mol. The van der Waals surface area contributed by atoms with Crippen molar-refractivity contribution in [1.82, 2.24) is 9.97 Å². The minimum atomic E-state index is 0.164. The number of nitrogens with two attached hydrogens (primary N) is 1. The van der Waals surface area contributed by atoms with E-state index in [2.05, 4.69) is 14.9 Å². The number of rotatable bonds is 4. The fourth-order valence-electron chi connectivity index (χ4n) is 3.63. The van der Waals surface area contributed by atoms with Gasteiger partial charge in [-0.25, -0.2) is 4.98 Å². The third kappa shape index (κ3) is 3.62. The third-order valence-electron chi connectivity index (χ3n) is 4.89. The van der Waals surface area contributed by atoms with Crippen molar-refractivity contribution in [2.24, 2.45) is 5.92 Å². The summed E-state index contributed by atoms with van der Waals surface area (Å²) in [6.45, 7) is 3.71. The zero-order valence-electron chi connectivity index (χ0n) is 14.7. The zero-order valence-corrected chi connectivity index (χ0v) is 14.7. The number of para-hydroxylation sites is 1. The van der Waals surface area contributed by atoms with Crippen molar-refractivity contribution in [3.8, 4) is 0 Å². The van der Waals surface area contributed by atoms with Crippen LogP contribution < -0.4 is 15.5 Å². The highest BCUT2D eigenvalue weighted by atomic mass is 16.5. The van der Waals surface area contributed by atoms with Gasteiger partial charge in [-0.15, -0.1) is 0 Å². The van der Waals surface area contributed by atoms with Crippen molar-refractivity contribution in [1.29, 1.82) is 0 Å². The summed E-state index contributed by atoms with van der Waals surface area (Å²) < 4.78 is 5.40. The number of nitrogens with zero attached hydrogens (tertiary/aromatic N) is 4. The first-order valence-electron chi connectivity index (χ1n) is 9.00. The predicted octanol–water partition coefficient (Wildman–Crippen LogP) is 1.49. The maximum absolute atomic E-state index is 12.4. The van der Waals surface area contributed by atoms with Crippen LogP contribution in [0.25, 0.3) is 0 Å². The molecule has 2 saturated heterocycles. The quantitative estimate of drug-likeness (QED) is 0.896. The van der Waals surface area contributed by atoms with E-state index in [1.165, 1.54) is 0 Å². The zero-order chi connectivity index (χ0) is 17.9. The first-order valence-corrected chi connectivity index (χ1v) is 9.00. The molecule has 26 heavy (non-hydrogen) atoms. The van der Waals surface area contributed by atoms with Gasteiger partial charge in [0.15, 0.2) is 0 Å². The summed E-state index contributed by atoms with van der Waals surface area (Å²) in [4.78, 5) is 25.2. The van der Waals surface area contributed by atoms with Crippen molar-refractivity contribution in [2.75, 3.05) is 48.4 Å². The second-order valence-electron chi connectivity index (χ2n) is 6.79. The molecule has 7 nitrogen and oxygen atoms in total. The fourth-order valence-corrected chi connectivity index (χ4v) is 3.63. The van der Waals surface area contributed by atoms with Crippen LogP contribution in [0.5, 0.6) is 0 Å². The van der Waals surface area contributed by atoms with E-state index in [9.17, 15) is 4.79 Å². The largest absolute Gasteiger partial charge is 0.378 e. The van der Waals surface area contributed by atoms with Crippen LogP contribution in [0.3, 0.4) is 0 Å². The summed E-state index contributed by atoms with van der Waals surface area (Å²) in [6, 6.07) is 11.8. The number of amides is 1. The fraction of sp³-hybridized carbons (Fsp3) is 0.421. The highest BCUT2D eigenvalue weighted by Gasteiger charge is 2.31. The van der Waals surface area contributed by atoms with Crippen LogP contribution in [0.15, 0.2) is 36.4 Å². The van der Waals surface area contributed by atoms with Gasteiger partial charge in [0.2, 0.25) is 11.9 Å². The number of morpholine rings is 1. The Labute approximate surface area is 152 Å². The number of carbonyl (C=O) groups is 1. The molecule has 0 spiro atoms. The van der Waals surface area contributed by atoms with Crippen molar-refractivity contribution in [3.05, 3.63) is 42.1 Å². The minimum Gasteiger partial charge on any atom is -0.378 e. The van der Waals surface area contributed by atoms with Gasteiger partial charge < -0.3 is 20.3 Å². The number of anilines is 3. The monoisotopic (exact) mass is 353 g/mol. The van der Waals surface area contributed by atoms with Crippen molar-refractivity contribution < 1.29 is 9.53 Å². The lowest BCUT2D eigenvalue weighted by Crippen LogP contribution is -2.37. The number of aromatic nitrogens is 2. The first-order chi connectivity index (χ1) is 12.7. The summed E-state index contributed by atoms with van der Waals surface area (Å²) in [5, 5.41) is 0. The van der Waals surface area contributed by atoms with Gasteiger partial charge in [0.05, 0.1) is 13.2 Å². The summed E-state index contributed by atoms with van der Waals surface area (Å²) in [7, 11) is 0. The van der Waals surface area contributed by atoms with Gasteiger partial charge in [0.1, 0.15) is 5.82 Å². The van der Waals surface area contributed by atoms with Gasteiger partial charge in [-0.2, -0.15) is 4.98 Å². The Bertz CT molecular complexity index is 777. The lowest BCUT2D eigenvalue weighted by molar-refractivity contribution is -0.117. The molecule has 0 aliphatic carbocycles. The average Bonchev–Trinajstić information content (AvgIpc) is 3.03. The number of ether oxygens (including phenoxy) is 1. The van der Waals surface area contributed by atoms with Gasteiger partial charge in [0.25, 0.3) is 0 Å². The Kier molecular flexibility index (Phi) is 4.71. The summed E-state index contributed by atoms with van der Waals surface area (Å²) >= 11 is 0. The maximum atomic E-state index is 12.4. The molecule has 2 aromatic rings. The van der Waals surface area contributed by atoms with E-state index >= 15 is 0 Å². The number of benzene rings is 1. The number of hydrogen-bond donors (Lipinski definition) is 1. The minimum absolute atomic E-state index is 0.164. The second-order valence-corrected chi connectivity index (χ2v) is 6.79. The van der Waals surface area contributed by atoms with E-state index < -0.39 is 0 Å². The average molecular weight is 353 g/mol. The van der Waals surface area contributed by atoms with Crippen LogP contribution in [-0.2, 0) is 16.0 Å². The van der Waals surface area contributed by atoms with Crippen LogP contribution >= 0.6 is 0 Å². The van der Waals surface area contributed by atoms with E-state index in [4.69, 9.17) is 10.5 Å². The maximum Gasteiger partial charge on any atom is 0.227 e. The number of hydrogen-bond acceptors (Lipinski definition) is 6. The van der Waals surface area contributed by atoms with Crippen LogP contribution in [0, 0.1) is 5.92 Å². The Morgan fingerprint density at radius 1 is 1.15 bits per heavy atom. The molecule has 0 bridgehead atoms. The molecule has 2 aliphatic rings. The van der Waals surface area contributed by atoms with Gasteiger partial charge in [-0.1, -0.05) is 18.2 Å². The molecule has 1 aromatic heterocycles. The van der Waals surface area contributed by atoms with E-state index in [1.807, 2.05) is 41.3 Å². The molecule has 1 aromatic carbocycles. The molecular weight excluding hydrogens is 330 g/mol. The summed E-state index contributed by atoms with van der Waals surface area (Å²) in [6.07, 6.45) is 1.25. The Balaban J connectivity index is 1.47. The second kappa shape index (κ2) is 7.29. The van der Waals surface area contributed by atoms with Crippen LogP contribution in [0.4, 0.5) is 17.5 Å². The summed E-state index contributed by atoms with van der Waals surface area (Å²) in [5.74, 6) is 1.53. The van der Waals surface area contributed by atoms with Crippen LogP contribution in [0.1, 0.15) is 12.1 Å². The van der Waals surface area contributed by atoms with Crippen molar-refractivity contribution >= 4 is 23.4 Å². The molecule has 0 unspecified atom stereocenters. The summed E-state index contributed by atoms with van der Waals surface area (Å²) in [5.41, 5.74) is 7.78. The molecule has 1 amide bonds. The van der Waals surface area contributed by atoms with E-state index in [0.29, 0.717) is 26.2 Å². The van der Waals surface area contributed by atoms with Gasteiger partial charge in [-0.05, 0) is 24.5 Å². The molecular formula is C19H23N5O2. The lowest BCUT2D eigenvalue weighted by atomic mass is 10.0. The van der Waals surface area contributed by atoms with Gasteiger partial charge in [0, 0.05) is 43.5 Å². The van der Waals surface area contributed by atoms with Gasteiger partial charge >= 0.3 is 0 Å². The molecule has 4 rings (SSSR count). The normalized spacial score (nSPS) is 20.6. The van der Waals surface area contributed by atoms with Crippen molar-refractivity contribution in [2.45, 2.75) is 12.8 Å². The number of carbonyl (C=O) groups excluding carboxylic acids is 1. The molecule has 2 aliphatic heterocycles. The Hall–Kier alpha value is -2.67. The first kappa shape index (κ1) is 16.8. The smallest absolute Gasteiger partial charge is 0.227 e. The topological polar surface area (TPSA) is 84.6 Å². The molecule has 7 heteroatoms. The van der Waals surface area contributed by atoms with E-state index in [0.717, 1.165) is 36.7 Å². The molecule has 1 atom stereocenters. The molecule has 2 N–H and O–H groups in total. The Morgan fingerprint density at radius 3 is 2.69 bits per heavy atom. The standard InChI is InChI=1S/C19H23N5O2/c20-19-21-15(12-17(22-19)23-6-8-26-9-7-23)10-14-11-18(25)24(13-14)16-4-2-1-3-5-16/h1-5,12,14H,6-11,13H2,(H2,20,21,22)/t14-/m1/s1. The molecule has 136 valence electrons. The van der Waals surface area contributed by atoms with E-state index in [1.54, 1.807) is 0 Å². The number of nitrogen functional groups attached to an aromatic ring is 1. The van der Waals surface area contributed by atoms with Crippen LogP contribution in [0.2, 0.25) is 0 Å². The molecule has 0 saturated carbocycles. The SMILES string of the molecule is Nc1nc(C[C@@H]2CC(=O)N(c3ccccc3)C2)cc(N2CCOCC2)n1. The highest BCUT2D eigenvalue weighted by molar-refractivity contribution is 5.95. The van der Waals surface area contributed by atoms with Crippen molar-refractivity contribution in [3.63, 3.8) is 0 Å². The van der Waals surface area contributed by atoms with Gasteiger partial charge in [-0.3, -0.25) is 4.79 Å². The van der Waals surface area contributed by atoms with E-state index in [-0.39, 0.29) is 17.8 Å². The molecule has 3 heterocycles.